The third-order valence-electron chi connectivity index (χ3n) is 4.79. The molecule has 0 unspecified atom stereocenters. The smallest absolute Gasteiger partial charge is 0.356 e. The van der Waals surface area contributed by atoms with Gasteiger partial charge in [-0.3, -0.25) is 23.3 Å². The van der Waals surface area contributed by atoms with Crippen LogP contribution in [0.1, 0.15) is 32.3 Å². The van der Waals surface area contributed by atoms with Crippen LogP contribution in [-0.2, 0) is 29.4 Å². The van der Waals surface area contributed by atoms with Gasteiger partial charge in [0.05, 0.1) is 18.4 Å². The lowest BCUT2D eigenvalue weighted by Gasteiger charge is -2.13. The van der Waals surface area contributed by atoms with Crippen molar-refractivity contribution in [3.63, 3.8) is 0 Å². The summed E-state index contributed by atoms with van der Waals surface area (Å²) in [5.41, 5.74) is 2.97. The summed E-state index contributed by atoms with van der Waals surface area (Å²) in [6.45, 7) is 4.66. The molecule has 0 fully saturated rings. The lowest BCUT2D eigenvalue weighted by atomic mass is 9.96. The molecule has 8 heteroatoms. The summed E-state index contributed by atoms with van der Waals surface area (Å²) in [6, 6.07) is 10.0. The normalized spacial score (nSPS) is 12.9. The molecule has 31 heavy (non-hydrogen) atoms. The zero-order chi connectivity index (χ0) is 22.7. The zero-order valence-corrected chi connectivity index (χ0v) is 19.5. The maximum atomic E-state index is 12.6. The predicted octanol–water partition coefficient (Wildman–Crippen LogP) is 3.21. The SMILES string of the molecule is C/C=c1/c(-c2ccccc2)c(CC(=O)NCCCCOP(=O)(OC)OC)cn/c1=C/C. The van der Waals surface area contributed by atoms with E-state index in [9.17, 15) is 9.36 Å². The number of hydrogen-bond donors (Lipinski definition) is 1. The predicted molar refractivity (Wildman–Crippen MR) is 123 cm³/mol. The van der Waals surface area contributed by atoms with Crippen LogP contribution < -0.4 is 15.9 Å². The number of nitrogens with one attached hydrogen (secondary N) is 1. The Kier molecular flexibility index (Phi) is 10.1. The van der Waals surface area contributed by atoms with Crippen LogP contribution in [0.4, 0.5) is 0 Å². The van der Waals surface area contributed by atoms with Gasteiger partial charge in [0.1, 0.15) is 0 Å². The Balaban J connectivity index is 2.02. The van der Waals surface area contributed by atoms with Crippen LogP contribution in [-0.4, -0.2) is 38.3 Å². The molecule has 1 aromatic carbocycles. The number of phosphoric acid groups is 1. The number of unbranched alkanes of at least 4 members (excludes halogenated alkanes) is 1. The van der Waals surface area contributed by atoms with Crippen molar-refractivity contribution in [1.29, 1.82) is 0 Å². The zero-order valence-electron chi connectivity index (χ0n) is 18.6. The van der Waals surface area contributed by atoms with E-state index in [4.69, 9.17) is 13.6 Å². The van der Waals surface area contributed by atoms with Gasteiger partial charge in [0.2, 0.25) is 5.91 Å². The molecule has 0 aliphatic carbocycles. The molecule has 7 nitrogen and oxygen atoms in total. The van der Waals surface area contributed by atoms with Gasteiger partial charge in [-0.25, -0.2) is 4.57 Å². The van der Waals surface area contributed by atoms with Gasteiger partial charge in [-0.1, -0.05) is 42.5 Å². The minimum absolute atomic E-state index is 0.0744. The number of phosphoric ester groups is 1. The van der Waals surface area contributed by atoms with E-state index in [1.807, 2.05) is 56.3 Å². The van der Waals surface area contributed by atoms with Gasteiger partial charge < -0.3 is 5.32 Å². The van der Waals surface area contributed by atoms with Crippen molar-refractivity contribution in [2.75, 3.05) is 27.4 Å². The summed E-state index contributed by atoms with van der Waals surface area (Å²) in [7, 11) is -0.897. The Labute approximate surface area is 183 Å². The third kappa shape index (κ3) is 7.11. The number of amides is 1. The molecule has 1 N–H and O–H groups in total. The van der Waals surface area contributed by atoms with Crippen molar-refractivity contribution >= 4 is 25.9 Å². The maximum absolute atomic E-state index is 12.6. The molecule has 2 aromatic rings. The van der Waals surface area contributed by atoms with Gasteiger partial charge in [0.25, 0.3) is 0 Å². The second kappa shape index (κ2) is 12.5. The Morgan fingerprint density at radius 2 is 1.81 bits per heavy atom. The van der Waals surface area contributed by atoms with Crippen LogP contribution in [0.25, 0.3) is 23.3 Å². The molecular weight excluding hydrogens is 415 g/mol. The van der Waals surface area contributed by atoms with Gasteiger partial charge in [-0.2, -0.15) is 0 Å². The van der Waals surface area contributed by atoms with Crippen LogP contribution in [0.5, 0.6) is 0 Å². The molecule has 1 aromatic heterocycles. The average Bonchev–Trinajstić information content (AvgIpc) is 2.81. The highest BCUT2D eigenvalue weighted by Gasteiger charge is 2.21. The number of rotatable bonds is 11. The fourth-order valence-corrected chi connectivity index (χ4v) is 3.94. The maximum Gasteiger partial charge on any atom is 0.474 e. The van der Waals surface area contributed by atoms with E-state index in [2.05, 4.69) is 10.3 Å². The molecule has 0 atom stereocenters. The van der Waals surface area contributed by atoms with Crippen molar-refractivity contribution in [2.45, 2.75) is 33.1 Å². The number of aromatic nitrogens is 1. The van der Waals surface area contributed by atoms with Crippen molar-refractivity contribution in [2.24, 2.45) is 0 Å². The number of pyridine rings is 1. The van der Waals surface area contributed by atoms with Crippen molar-refractivity contribution < 1.29 is 22.9 Å². The first-order valence-corrected chi connectivity index (χ1v) is 11.7. The Hall–Kier alpha value is -2.31. The van der Waals surface area contributed by atoms with Crippen molar-refractivity contribution in [1.82, 2.24) is 10.3 Å². The van der Waals surface area contributed by atoms with Crippen LogP contribution in [0.3, 0.4) is 0 Å². The van der Waals surface area contributed by atoms with E-state index in [0.717, 1.165) is 27.3 Å². The largest absolute Gasteiger partial charge is 0.474 e. The highest BCUT2D eigenvalue weighted by atomic mass is 31.2. The van der Waals surface area contributed by atoms with E-state index in [1.165, 1.54) is 14.2 Å². The molecule has 0 bridgehead atoms. The highest BCUT2D eigenvalue weighted by Crippen LogP contribution is 2.47. The number of hydrogen-bond acceptors (Lipinski definition) is 6. The third-order valence-corrected chi connectivity index (χ3v) is 6.18. The van der Waals surface area contributed by atoms with E-state index < -0.39 is 7.82 Å². The van der Waals surface area contributed by atoms with Crippen LogP contribution in [0.2, 0.25) is 0 Å². The van der Waals surface area contributed by atoms with Gasteiger partial charge >= 0.3 is 7.82 Å². The summed E-state index contributed by atoms with van der Waals surface area (Å²) in [5, 5.41) is 4.85. The Morgan fingerprint density at radius 1 is 1.10 bits per heavy atom. The first kappa shape index (κ1) is 25.0. The molecule has 0 saturated heterocycles. The highest BCUT2D eigenvalue weighted by molar-refractivity contribution is 7.48. The molecule has 0 aliphatic rings. The summed E-state index contributed by atoms with van der Waals surface area (Å²) in [6.07, 6.45) is 7.32. The topological polar surface area (TPSA) is 86.8 Å². The summed E-state index contributed by atoms with van der Waals surface area (Å²) < 4.78 is 26.3. The van der Waals surface area contributed by atoms with Gasteiger partial charge in [-0.15, -0.1) is 0 Å². The first-order valence-electron chi connectivity index (χ1n) is 10.3. The number of carbonyl (C=O) groups excluding carboxylic acids is 1. The number of benzene rings is 1. The second-order valence-electron chi connectivity index (χ2n) is 6.78. The lowest BCUT2D eigenvalue weighted by molar-refractivity contribution is -0.120. The Bertz CT molecular complexity index is 1020. The fourth-order valence-electron chi connectivity index (χ4n) is 3.23. The second-order valence-corrected chi connectivity index (χ2v) is 8.66. The first-order chi connectivity index (χ1) is 15.0. The van der Waals surface area contributed by atoms with Crippen molar-refractivity contribution in [3.8, 4) is 11.1 Å². The molecule has 2 rings (SSSR count). The minimum Gasteiger partial charge on any atom is -0.356 e. The summed E-state index contributed by atoms with van der Waals surface area (Å²) >= 11 is 0. The molecule has 0 aliphatic heterocycles. The molecule has 1 amide bonds. The lowest BCUT2D eigenvalue weighted by Crippen LogP contribution is -2.33. The number of nitrogens with zero attached hydrogens (tertiary/aromatic N) is 1. The minimum atomic E-state index is -3.44. The molecule has 0 saturated carbocycles. The molecule has 1 heterocycles. The van der Waals surface area contributed by atoms with E-state index >= 15 is 0 Å². The fraction of sp³-hybridized carbons (Fsp3) is 0.391. The van der Waals surface area contributed by atoms with Crippen molar-refractivity contribution in [3.05, 3.63) is 52.7 Å². The van der Waals surface area contributed by atoms with E-state index in [-0.39, 0.29) is 18.9 Å². The van der Waals surface area contributed by atoms with Gasteiger partial charge in [0, 0.05) is 32.2 Å². The molecular formula is C23H31N2O5P. The van der Waals surface area contributed by atoms with E-state index in [0.29, 0.717) is 19.4 Å². The van der Waals surface area contributed by atoms with Crippen LogP contribution >= 0.6 is 7.82 Å². The van der Waals surface area contributed by atoms with Gasteiger partial charge in [0.15, 0.2) is 0 Å². The molecule has 168 valence electrons. The number of carbonyl (C=O) groups is 1. The summed E-state index contributed by atoms with van der Waals surface area (Å²) in [4.78, 5) is 17.1. The van der Waals surface area contributed by atoms with Crippen LogP contribution in [0.15, 0.2) is 36.5 Å². The monoisotopic (exact) mass is 446 g/mol. The summed E-state index contributed by atoms with van der Waals surface area (Å²) in [5.74, 6) is -0.0744. The quantitative estimate of drug-likeness (QED) is 0.421. The Morgan fingerprint density at radius 3 is 2.42 bits per heavy atom. The molecule has 0 radical (unpaired) electrons. The van der Waals surface area contributed by atoms with Crippen LogP contribution in [0, 0.1) is 0 Å². The van der Waals surface area contributed by atoms with Gasteiger partial charge in [-0.05, 0) is 43.4 Å². The average molecular weight is 446 g/mol. The van der Waals surface area contributed by atoms with E-state index in [1.54, 1.807) is 6.20 Å². The standard InChI is InChI=1S/C23H31N2O5P/c1-5-20-21(6-2)25-17-19(23(20)18-12-8-7-9-13-18)16-22(26)24-14-10-11-15-30-31(27,28-3)29-4/h5-9,12-13,17H,10-11,14-16H2,1-4H3,(H,24,26)/b20-5+,21-6+. The molecule has 0 spiro atoms.